The zero-order chi connectivity index (χ0) is 20.0. The van der Waals surface area contributed by atoms with Crippen LogP contribution in [0.1, 0.15) is 11.1 Å². The molecule has 2 N–H and O–H groups in total. The van der Waals surface area contributed by atoms with Crippen molar-refractivity contribution in [3.8, 4) is 5.75 Å². The second-order valence-electron chi connectivity index (χ2n) is 5.95. The first kappa shape index (κ1) is 19.3. The highest BCUT2D eigenvalue weighted by Gasteiger charge is 2.45. The molecular weight excluding hydrogens is 361 g/mol. The molecule has 3 aromatic rings. The van der Waals surface area contributed by atoms with E-state index in [4.69, 9.17) is 15.2 Å². The number of benzene rings is 3. The largest absolute Gasteiger partial charge is 0.432 e. The van der Waals surface area contributed by atoms with Crippen molar-refractivity contribution in [3.63, 3.8) is 0 Å². The van der Waals surface area contributed by atoms with Gasteiger partial charge in [0.05, 0.1) is 0 Å². The third-order valence-electron chi connectivity index (χ3n) is 4.05. The summed E-state index contributed by atoms with van der Waals surface area (Å²) in [7, 11) is 0. The van der Waals surface area contributed by atoms with E-state index in [9.17, 15) is 9.59 Å². The van der Waals surface area contributed by atoms with Crippen LogP contribution in [0.15, 0.2) is 91.0 Å². The zero-order valence-corrected chi connectivity index (χ0v) is 14.8. The number of carbonyl (C=O) groups is 2. The van der Waals surface area contributed by atoms with Crippen molar-refractivity contribution in [3.05, 3.63) is 102 Å². The topological polar surface area (TPSA) is 78.6 Å². The number of esters is 2. The van der Waals surface area contributed by atoms with Crippen molar-refractivity contribution < 1.29 is 23.5 Å². The lowest BCUT2D eigenvalue weighted by atomic mass is 9.88. The van der Waals surface area contributed by atoms with E-state index in [1.54, 1.807) is 66.7 Å². The summed E-state index contributed by atoms with van der Waals surface area (Å²) in [6.07, 6.45) is -1.78. The molecule has 6 heteroatoms. The van der Waals surface area contributed by atoms with Gasteiger partial charge in [0, 0.05) is 11.1 Å². The highest BCUT2D eigenvalue weighted by molar-refractivity contribution is 5.88. The van der Waals surface area contributed by atoms with E-state index >= 15 is 4.39 Å². The fourth-order valence-electron chi connectivity index (χ4n) is 2.65. The average Bonchev–Trinajstić information content (AvgIpc) is 2.75. The summed E-state index contributed by atoms with van der Waals surface area (Å²) in [5, 5.41) is 0. The highest BCUT2D eigenvalue weighted by atomic mass is 19.1. The van der Waals surface area contributed by atoms with Crippen LogP contribution >= 0.6 is 0 Å². The Morgan fingerprint density at radius 1 is 0.786 bits per heavy atom. The van der Waals surface area contributed by atoms with Gasteiger partial charge >= 0.3 is 11.9 Å². The third kappa shape index (κ3) is 4.07. The summed E-state index contributed by atoms with van der Waals surface area (Å²) in [5.41, 5.74) is 3.13. The first-order chi connectivity index (χ1) is 13.5. The number of hydrogen-bond donors (Lipinski definition) is 1. The number of carbonyl (C=O) groups excluding carboxylic acids is 2. The van der Waals surface area contributed by atoms with Crippen molar-refractivity contribution in [2.45, 2.75) is 11.9 Å². The molecule has 0 aromatic heterocycles. The molecule has 0 aliphatic heterocycles. The van der Waals surface area contributed by atoms with Gasteiger partial charge in [0.1, 0.15) is 5.75 Å². The monoisotopic (exact) mass is 379 g/mol. The molecule has 0 radical (unpaired) electrons. The van der Waals surface area contributed by atoms with Crippen LogP contribution in [-0.4, -0.2) is 18.2 Å². The van der Waals surface area contributed by atoms with Crippen molar-refractivity contribution in [2.24, 2.45) is 5.73 Å². The number of nitrogens with two attached hydrogens (primary N) is 1. The average molecular weight is 379 g/mol. The van der Waals surface area contributed by atoms with E-state index in [-0.39, 0.29) is 16.9 Å². The van der Waals surface area contributed by atoms with Crippen LogP contribution in [0.3, 0.4) is 0 Å². The Hall–Kier alpha value is -3.51. The Balaban J connectivity index is 1.83. The smallest absolute Gasteiger partial charge is 0.368 e. The molecule has 1 atom stereocenters. The quantitative estimate of drug-likeness (QED) is 0.404. The van der Waals surface area contributed by atoms with Gasteiger partial charge in [-0.2, -0.15) is 0 Å². The van der Waals surface area contributed by atoms with Crippen molar-refractivity contribution in [1.29, 1.82) is 0 Å². The van der Waals surface area contributed by atoms with Gasteiger partial charge in [0.25, 0.3) is 5.67 Å². The molecule has 0 heterocycles. The number of alkyl halides is 1. The maximum absolute atomic E-state index is 16.0. The summed E-state index contributed by atoms with van der Waals surface area (Å²) < 4.78 is 26.0. The molecule has 0 spiro atoms. The molecule has 0 fully saturated rings. The summed E-state index contributed by atoms with van der Waals surface area (Å²) in [6, 6.07) is 23.8. The predicted octanol–water partition coefficient (Wildman–Crippen LogP) is 3.33. The van der Waals surface area contributed by atoms with Gasteiger partial charge in [-0.15, -0.1) is 0 Å². The fraction of sp³-hybridized carbons (Fsp3) is 0.0909. The second-order valence-corrected chi connectivity index (χ2v) is 5.95. The van der Waals surface area contributed by atoms with E-state index < -0.39 is 23.8 Å². The summed E-state index contributed by atoms with van der Waals surface area (Å²) in [5.74, 6) is -2.08. The molecule has 3 aromatic carbocycles. The Labute approximate surface area is 161 Å². The third-order valence-corrected chi connectivity index (χ3v) is 4.05. The van der Waals surface area contributed by atoms with Gasteiger partial charge in [-0.1, -0.05) is 78.9 Å². The Kier molecular flexibility index (Phi) is 5.81. The summed E-state index contributed by atoms with van der Waals surface area (Å²) in [6.45, 7) is 0. The zero-order valence-electron chi connectivity index (χ0n) is 14.8. The molecule has 0 aliphatic rings. The molecule has 0 amide bonds. The minimum atomic E-state index is -2.63. The van der Waals surface area contributed by atoms with E-state index in [1.807, 2.05) is 0 Å². The molecule has 5 nitrogen and oxygen atoms in total. The van der Waals surface area contributed by atoms with E-state index in [0.29, 0.717) is 0 Å². The number of rotatable bonds is 6. The normalized spacial score (nSPS) is 12.1. The maximum atomic E-state index is 16.0. The lowest BCUT2D eigenvalue weighted by Gasteiger charge is -2.25. The van der Waals surface area contributed by atoms with Crippen molar-refractivity contribution >= 4 is 11.9 Å². The SMILES string of the molecule is N[C@H](OC(=O)C(F)(c1ccccc1)c1ccccc1)C(=O)Oc1ccccc1. The molecule has 0 saturated heterocycles. The van der Waals surface area contributed by atoms with Crippen molar-refractivity contribution in [2.75, 3.05) is 0 Å². The molecule has 3 rings (SSSR count). The van der Waals surface area contributed by atoms with Gasteiger partial charge in [-0.3, -0.25) is 5.73 Å². The molecule has 28 heavy (non-hydrogen) atoms. The molecule has 0 unspecified atom stereocenters. The number of para-hydroxylation sites is 1. The minimum Gasteiger partial charge on any atom is -0.432 e. The van der Waals surface area contributed by atoms with Crippen LogP contribution in [0.25, 0.3) is 0 Å². The van der Waals surface area contributed by atoms with Crippen LogP contribution in [0.4, 0.5) is 4.39 Å². The lowest BCUT2D eigenvalue weighted by molar-refractivity contribution is -0.170. The van der Waals surface area contributed by atoms with E-state index in [1.165, 1.54) is 24.3 Å². The fourth-order valence-corrected chi connectivity index (χ4v) is 2.65. The van der Waals surface area contributed by atoms with Crippen LogP contribution in [0.2, 0.25) is 0 Å². The number of ether oxygens (including phenoxy) is 2. The first-order valence-corrected chi connectivity index (χ1v) is 8.55. The van der Waals surface area contributed by atoms with Crippen LogP contribution < -0.4 is 10.5 Å². The van der Waals surface area contributed by atoms with Crippen molar-refractivity contribution in [1.82, 2.24) is 0 Å². The Morgan fingerprint density at radius 3 is 1.68 bits per heavy atom. The highest BCUT2D eigenvalue weighted by Crippen LogP contribution is 2.35. The van der Waals surface area contributed by atoms with Crippen LogP contribution in [0, 0.1) is 0 Å². The van der Waals surface area contributed by atoms with Gasteiger partial charge in [0.15, 0.2) is 0 Å². The van der Waals surface area contributed by atoms with Gasteiger partial charge in [0.2, 0.25) is 6.23 Å². The lowest BCUT2D eigenvalue weighted by Crippen LogP contribution is -2.44. The van der Waals surface area contributed by atoms with Crippen LogP contribution in [0.5, 0.6) is 5.75 Å². The molecule has 0 saturated carbocycles. The van der Waals surface area contributed by atoms with E-state index in [0.717, 1.165) is 0 Å². The standard InChI is InChI=1S/C22H18FNO4/c23-22(16-10-4-1-5-11-16,17-12-6-2-7-13-17)21(26)28-19(24)20(25)27-18-14-8-3-9-15-18/h1-15,19H,24H2/t19-/m1/s1. The van der Waals surface area contributed by atoms with E-state index in [2.05, 4.69) is 0 Å². The Bertz CT molecular complexity index is 893. The van der Waals surface area contributed by atoms with Gasteiger partial charge in [-0.05, 0) is 12.1 Å². The maximum Gasteiger partial charge on any atom is 0.368 e. The van der Waals surface area contributed by atoms with Crippen LogP contribution in [-0.2, 0) is 20.0 Å². The molecule has 0 aliphatic carbocycles. The molecule has 0 bridgehead atoms. The summed E-state index contributed by atoms with van der Waals surface area (Å²) >= 11 is 0. The summed E-state index contributed by atoms with van der Waals surface area (Å²) in [4.78, 5) is 24.8. The molecule has 142 valence electrons. The number of hydrogen-bond acceptors (Lipinski definition) is 5. The molecular formula is C22H18FNO4. The van der Waals surface area contributed by atoms with Gasteiger partial charge < -0.3 is 9.47 Å². The first-order valence-electron chi connectivity index (χ1n) is 8.55. The predicted molar refractivity (Wildman–Crippen MR) is 101 cm³/mol. The number of halogens is 1. The minimum absolute atomic E-state index is 0.0647. The van der Waals surface area contributed by atoms with Gasteiger partial charge in [-0.25, -0.2) is 14.0 Å². The second kappa shape index (κ2) is 8.45. The Morgan fingerprint density at radius 2 is 1.21 bits per heavy atom.